The molecule has 2 aliphatic heterocycles. The Hall–Kier alpha value is -0.970. The third-order valence-electron chi connectivity index (χ3n) is 3.94. The van der Waals surface area contributed by atoms with Crippen LogP contribution in [0.1, 0.15) is 16.8 Å². The van der Waals surface area contributed by atoms with Crippen molar-refractivity contribution in [1.82, 2.24) is 14.8 Å². The summed E-state index contributed by atoms with van der Waals surface area (Å²) in [6, 6.07) is 2.13. The molecule has 1 aromatic rings. The van der Waals surface area contributed by atoms with E-state index in [9.17, 15) is 0 Å². The van der Waals surface area contributed by atoms with Crippen molar-refractivity contribution in [2.24, 2.45) is 0 Å². The highest BCUT2D eigenvalue weighted by Crippen LogP contribution is 2.23. The lowest BCUT2D eigenvalue weighted by molar-refractivity contribution is -0.0340. The fourth-order valence-corrected chi connectivity index (χ4v) is 2.77. The summed E-state index contributed by atoms with van der Waals surface area (Å²) in [7, 11) is 5.81. The second kappa shape index (κ2) is 4.96. The summed E-state index contributed by atoms with van der Waals surface area (Å²) in [5.74, 6) is 0. The van der Waals surface area contributed by atoms with Crippen molar-refractivity contribution in [2.75, 3.05) is 26.7 Å². The van der Waals surface area contributed by atoms with E-state index < -0.39 is 0 Å². The molecule has 0 bridgehead atoms. The predicted octanol–water partition coefficient (Wildman–Crippen LogP) is 1.06. The summed E-state index contributed by atoms with van der Waals surface area (Å²) in [4.78, 5) is 9.09. The zero-order valence-corrected chi connectivity index (χ0v) is 10.9. The minimum atomic E-state index is 0.417. The molecule has 0 atom stereocenters. The average Bonchev–Trinajstić information content (AvgIpc) is 2.32. The first-order chi connectivity index (χ1) is 8.76. The van der Waals surface area contributed by atoms with E-state index in [1.807, 2.05) is 6.20 Å². The first kappa shape index (κ1) is 12.1. The fraction of sp³-hybridized carbons (Fsp3) is 0.571. The Balaban J connectivity index is 1.71. The van der Waals surface area contributed by atoms with Gasteiger partial charge in [-0.25, -0.2) is 0 Å². The fourth-order valence-electron chi connectivity index (χ4n) is 2.77. The lowest BCUT2D eigenvalue weighted by Gasteiger charge is -2.39. The number of hydrogen-bond donors (Lipinski definition) is 0. The summed E-state index contributed by atoms with van der Waals surface area (Å²) in [6.45, 7) is 5.00. The molecule has 0 N–H and O–H groups in total. The van der Waals surface area contributed by atoms with Gasteiger partial charge in [-0.3, -0.25) is 16.9 Å². The molecule has 4 nitrogen and oxygen atoms in total. The van der Waals surface area contributed by atoms with Crippen LogP contribution < -0.4 is 0 Å². The van der Waals surface area contributed by atoms with Crippen LogP contribution in [-0.4, -0.2) is 47.6 Å². The number of fused-ring (bicyclic) bond motifs is 1. The number of likely N-dealkylation sites (tertiary alicyclic amines) is 1. The molecule has 1 fully saturated rings. The van der Waals surface area contributed by atoms with E-state index in [0.717, 1.165) is 39.1 Å². The van der Waals surface area contributed by atoms with Crippen LogP contribution in [0.15, 0.2) is 12.3 Å². The first-order valence-corrected chi connectivity index (χ1v) is 6.52. The summed E-state index contributed by atoms with van der Waals surface area (Å²) >= 11 is 0. The van der Waals surface area contributed by atoms with E-state index >= 15 is 0 Å². The lowest BCUT2D eigenvalue weighted by atomic mass is 9.98. The largest absolute Gasteiger partial charge is 0.455 e. The molecular weight excluding hydrogens is 226 g/mol. The maximum Gasteiger partial charge on any atom is 0.0825 e. The van der Waals surface area contributed by atoms with Gasteiger partial charge < -0.3 is 9.64 Å². The van der Waals surface area contributed by atoms with Crippen molar-refractivity contribution < 1.29 is 4.74 Å². The van der Waals surface area contributed by atoms with Crippen LogP contribution in [0.3, 0.4) is 0 Å². The van der Waals surface area contributed by atoms with E-state index in [0.29, 0.717) is 6.10 Å². The zero-order chi connectivity index (χ0) is 12.5. The van der Waals surface area contributed by atoms with Gasteiger partial charge in [0.15, 0.2) is 0 Å². The van der Waals surface area contributed by atoms with Crippen LogP contribution >= 0.6 is 0 Å². The van der Waals surface area contributed by atoms with Crippen LogP contribution in [0.5, 0.6) is 0 Å². The van der Waals surface area contributed by atoms with Crippen molar-refractivity contribution >= 4 is 0 Å². The minimum absolute atomic E-state index is 0.417. The lowest BCUT2D eigenvalue weighted by Crippen LogP contribution is -2.51. The average molecular weight is 246 g/mol. The molecular formula is C14H20N3O-. The van der Waals surface area contributed by atoms with Crippen molar-refractivity contribution in [1.29, 1.82) is 0 Å². The van der Waals surface area contributed by atoms with Gasteiger partial charge in [-0.1, -0.05) is 0 Å². The molecule has 0 radical (unpaired) electrons. The SMILES string of the molecule is [CH2-]N1CCc2c(ccnc2CN2CC(OC)C2)C1. The number of rotatable bonds is 3. The summed E-state index contributed by atoms with van der Waals surface area (Å²) in [5.41, 5.74) is 4.08. The highest BCUT2D eigenvalue weighted by atomic mass is 16.5. The molecule has 0 aromatic carbocycles. The Morgan fingerprint density at radius 2 is 2.33 bits per heavy atom. The quantitative estimate of drug-likeness (QED) is 0.746. The Morgan fingerprint density at radius 3 is 3.11 bits per heavy atom. The summed E-state index contributed by atoms with van der Waals surface area (Å²) < 4.78 is 5.30. The topological polar surface area (TPSA) is 28.6 Å². The van der Waals surface area contributed by atoms with Gasteiger partial charge >= 0.3 is 0 Å². The van der Waals surface area contributed by atoms with Gasteiger partial charge in [0.1, 0.15) is 0 Å². The van der Waals surface area contributed by atoms with Crippen molar-refractivity contribution in [3.05, 3.63) is 36.1 Å². The third-order valence-corrected chi connectivity index (χ3v) is 3.94. The second-order valence-corrected chi connectivity index (χ2v) is 5.25. The number of hydrogen-bond acceptors (Lipinski definition) is 4. The molecule has 0 aliphatic carbocycles. The molecule has 1 aromatic heterocycles. The number of nitrogens with zero attached hydrogens (tertiary/aromatic N) is 3. The van der Waals surface area contributed by atoms with Gasteiger partial charge in [-0.15, -0.1) is 0 Å². The molecule has 0 spiro atoms. The Morgan fingerprint density at radius 1 is 1.50 bits per heavy atom. The highest BCUT2D eigenvalue weighted by molar-refractivity contribution is 5.32. The van der Waals surface area contributed by atoms with Crippen molar-refractivity contribution in [3.8, 4) is 0 Å². The smallest absolute Gasteiger partial charge is 0.0825 e. The van der Waals surface area contributed by atoms with Gasteiger partial charge in [0, 0.05) is 32.9 Å². The summed E-state index contributed by atoms with van der Waals surface area (Å²) in [6.07, 6.45) is 3.42. The Labute approximate surface area is 109 Å². The Bertz CT molecular complexity index is 429. The maximum absolute atomic E-state index is 5.30. The van der Waals surface area contributed by atoms with Crippen LogP contribution in [-0.2, 0) is 24.2 Å². The zero-order valence-electron chi connectivity index (χ0n) is 10.9. The molecule has 2 aliphatic rings. The van der Waals surface area contributed by atoms with Crippen LogP contribution in [0, 0.1) is 7.05 Å². The number of ether oxygens (including phenoxy) is 1. The minimum Gasteiger partial charge on any atom is -0.455 e. The first-order valence-electron chi connectivity index (χ1n) is 6.52. The Kier molecular flexibility index (Phi) is 3.33. The van der Waals surface area contributed by atoms with Crippen molar-refractivity contribution in [2.45, 2.75) is 25.6 Å². The highest BCUT2D eigenvalue weighted by Gasteiger charge is 2.27. The predicted molar refractivity (Wildman–Crippen MR) is 69.8 cm³/mol. The van der Waals surface area contributed by atoms with E-state index in [1.54, 1.807) is 7.11 Å². The van der Waals surface area contributed by atoms with Crippen LogP contribution in [0.4, 0.5) is 0 Å². The number of methoxy groups -OCH3 is 1. The third kappa shape index (κ3) is 2.28. The van der Waals surface area contributed by atoms with Gasteiger partial charge in [0.25, 0.3) is 0 Å². The van der Waals surface area contributed by atoms with E-state index in [-0.39, 0.29) is 0 Å². The monoisotopic (exact) mass is 246 g/mol. The molecule has 0 unspecified atom stereocenters. The molecule has 3 heterocycles. The van der Waals surface area contributed by atoms with Crippen molar-refractivity contribution in [3.63, 3.8) is 0 Å². The molecule has 0 amide bonds. The molecule has 4 heteroatoms. The number of aromatic nitrogens is 1. The van der Waals surface area contributed by atoms with Gasteiger partial charge in [0.05, 0.1) is 11.8 Å². The van der Waals surface area contributed by atoms with Gasteiger partial charge in [-0.2, -0.15) is 0 Å². The molecule has 1 saturated heterocycles. The molecule has 0 saturated carbocycles. The standard InChI is InChI=1S/C14H20N3O/c1-16-6-4-13-11(7-16)3-5-15-14(13)10-17-8-12(9-17)18-2/h3,5,12H,1,4,6-10H2,2H3/q-1. The maximum atomic E-state index is 5.30. The van der Waals surface area contributed by atoms with E-state index in [4.69, 9.17) is 4.74 Å². The van der Waals surface area contributed by atoms with E-state index in [2.05, 4.69) is 27.9 Å². The second-order valence-electron chi connectivity index (χ2n) is 5.25. The number of pyridine rings is 1. The van der Waals surface area contributed by atoms with Crippen LogP contribution in [0.25, 0.3) is 0 Å². The van der Waals surface area contributed by atoms with Crippen LogP contribution in [0.2, 0.25) is 0 Å². The van der Waals surface area contributed by atoms with Gasteiger partial charge in [-0.05, 0) is 36.7 Å². The summed E-state index contributed by atoms with van der Waals surface area (Å²) in [5, 5.41) is 0. The van der Waals surface area contributed by atoms with E-state index in [1.165, 1.54) is 16.8 Å². The molecule has 18 heavy (non-hydrogen) atoms. The molecule has 3 rings (SSSR count). The molecule has 98 valence electrons. The normalized spacial score (nSPS) is 21.7. The van der Waals surface area contributed by atoms with Gasteiger partial charge in [0.2, 0.25) is 0 Å².